The van der Waals surface area contributed by atoms with Crippen LogP contribution >= 0.6 is 0 Å². The zero-order valence-electron chi connectivity index (χ0n) is 26.3. The third-order valence-corrected chi connectivity index (χ3v) is 7.81. The highest BCUT2D eigenvalue weighted by molar-refractivity contribution is 5.93. The van der Waals surface area contributed by atoms with Crippen molar-refractivity contribution in [1.82, 2.24) is 10.3 Å². The smallest absolute Gasteiger partial charge is 0.346 e. The molecule has 0 spiro atoms. The van der Waals surface area contributed by atoms with Crippen molar-refractivity contribution in [3.8, 4) is 0 Å². The summed E-state index contributed by atoms with van der Waals surface area (Å²) in [6.45, 7) is 7.27. The van der Waals surface area contributed by atoms with E-state index in [0.29, 0.717) is 48.9 Å². The van der Waals surface area contributed by atoms with E-state index in [1.807, 2.05) is 88.4 Å². The topological polar surface area (TPSA) is 222 Å². The summed E-state index contributed by atoms with van der Waals surface area (Å²) in [5, 5.41) is 8.16. The lowest BCUT2D eigenvalue weighted by Crippen LogP contribution is -2.46. The van der Waals surface area contributed by atoms with E-state index < -0.39 is 52.9 Å². The van der Waals surface area contributed by atoms with Crippen LogP contribution in [0.5, 0.6) is 0 Å². The molecule has 8 N–H and O–H groups in total. The van der Waals surface area contributed by atoms with E-state index in [1.54, 1.807) is 0 Å². The first-order chi connectivity index (χ1) is 21.3. The molecule has 0 aliphatic rings. The summed E-state index contributed by atoms with van der Waals surface area (Å²) >= 11 is 0. The third-order valence-electron chi connectivity index (χ3n) is 7.81. The fourth-order valence-corrected chi connectivity index (χ4v) is 4.93. The van der Waals surface area contributed by atoms with Crippen LogP contribution < -0.4 is 22.9 Å². The molecule has 0 saturated carbocycles. The van der Waals surface area contributed by atoms with Gasteiger partial charge in [0, 0.05) is 0 Å². The SMILES string of the molecule is CCC(CC)(Cc1ccccc1)C(=O)N(N=C(N)N)OC(=O)CC(=O)ON(N=C(N)N)C(=O)C(CC)(CC)Cc1ccccc1. The van der Waals surface area contributed by atoms with Gasteiger partial charge in [-0.2, -0.15) is 0 Å². The standard InChI is InChI=1S/C31H44N8O6/c1-5-30(6-2,20-22-15-11-9-12-16-22)26(42)38(36-28(32)33)44-24(40)19-25(41)45-39(37-29(34)35)27(43)31(7-3,8-4)21-23-17-13-10-14-18-23/h9-18H,5-8,19-21H2,1-4H3,(H4,32,33,36)(H4,34,35,37). The molecule has 0 fully saturated rings. The van der Waals surface area contributed by atoms with Gasteiger partial charge >= 0.3 is 11.9 Å². The molecule has 0 radical (unpaired) electrons. The van der Waals surface area contributed by atoms with Gasteiger partial charge in [-0.05, 0) is 60.0 Å². The van der Waals surface area contributed by atoms with Gasteiger partial charge in [0.2, 0.25) is 11.9 Å². The van der Waals surface area contributed by atoms with Crippen molar-refractivity contribution in [2.24, 2.45) is 44.0 Å². The number of benzene rings is 2. The van der Waals surface area contributed by atoms with Crippen molar-refractivity contribution in [3.63, 3.8) is 0 Å². The number of carbonyl (C=O) groups excluding carboxylic acids is 4. The molecule has 2 rings (SSSR count). The van der Waals surface area contributed by atoms with Gasteiger partial charge in [0.1, 0.15) is 6.42 Å². The molecule has 14 nitrogen and oxygen atoms in total. The van der Waals surface area contributed by atoms with Crippen LogP contribution in [0, 0.1) is 10.8 Å². The second kappa shape index (κ2) is 16.6. The second-order valence-electron chi connectivity index (χ2n) is 10.6. The average Bonchev–Trinajstić information content (AvgIpc) is 3.01. The Morgan fingerprint density at radius 1 is 0.600 bits per heavy atom. The van der Waals surface area contributed by atoms with Gasteiger partial charge in [-0.15, -0.1) is 0 Å². The number of amides is 2. The van der Waals surface area contributed by atoms with E-state index in [4.69, 9.17) is 32.6 Å². The number of guanidine groups is 2. The van der Waals surface area contributed by atoms with Crippen LogP contribution in [0.25, 0.3) is 0 Å². The van der Waals surface area contributed by atoms with Gasteiger partial charge in [0.15, 0.2) is 0 Å². The summed E-state index contributed by atoms with van der Waals surface area (Å²) in [7, 11) is 0. The monoisotopic (exact) mass is 624 g/mol. The van der Waals surface area contributed by atoms with Gasteiger partial charge in [-0.25, -0.2) is 9.59 Å². The number of hydrazone groups is 2. The van der Waals surface area contributed by atoms with Crippen molar-refractivity contribution in [1.29, 1.82) is 0 Å². The molecule has 0 atom stereocenters. The number of rotatable bonds is 14. The van der Waals surface area contributed by atoms with Crippen LogP contribution in [-0.4, -0.2) is 46.0 Å². The zero-order chi connectivity index (χ0) is 33.6. The maximum Gasteiger partial charge on any atom is 0.346 e. The Hall–Kier alpha value is -5.14. The summed E-state index contributed by atoms with van der Waals surface area (Å²) < 4.78 is 0. The molecule has 0 aliphatic carbocycles. The van der Waals surface area contributed by atoms with E-state index in [1.165, 1.54) is 0 Å². The van der Waals surface area contributed by atoms with E-state index in [9.17, 15) is 19.2 Å². The first kappa shape index (κ1) is 36.1. The minimum absolute atomic E-state index is 0.310. The molecule has 0 aromatic heterocycles. The van der Waals surface area contributed by atoms with Crippen LogP contribution in [0.3, 0.4) is 0 Å². The Labute approximate surface area is 263 Å². The zero-order valence-corrected chi connectivity index (χ0v) is 26.3. The maximum absolute atomic E-state index is 13.7. The number of hydrogen-bond acceptors (Lipinski definition) is 8. The average molecular weight is 625 g/mol. The Bertz CT molecular complexity index is 1250. The highest BCUT2D eigenvalue weighted by Crippen LogP contribution is 2.35. The van der Waals surface area contributed by atoms with Crippen molar-refractivity contribution < 1.29 is 28.9 Å². The highest BCUT2D eigenvalue weighted by atomic mass is 16.8. The Kier molecular flexibility index (Phi) is 13.3. The Morgan fingerprint density at radius 3 is 1.18 bits per heavy atom. The van der Waals surface area contributed by atoms with Crippen LogP contribution in [0.1, 0.15) is 70.9 Å². The van der Waals surface area contributed by atoms with E-state index >= 15 is 0 Å². The highest BCUT2D eigenvalue weighted by Gasteiger charge is 2.42. The minimum Gasteiger partial charge on any atom is -0.368 e. The summed E-state index contributed by atoms with van der Waals surface area (Å²) in [6.07, 6.45) is 1.03. The Morgan fingerprint density at radius 2 is 0.911 bits per heavy atom. The van der Waals surface area contributed by atoms with Crippen molar-refractivity contribution in [3.05, 3.63) is 71.8 Å². The molecule has 2 aromatic rings. The fraction of sp³-hybridized carbons (Fsp3) is 0.419. The molecular weight excluding hydrogens is 580 g/mol. The molecule has 45 heavy (non-hydrogen) atoms. The maximum atomic E-state index is 13.7. The largest absolute Gasteiger partial charge is 0.368 e. The predicted molar refractivity (Wildman–Crippen MR) is 168 cm³/mol. The molecule has 0 heterocycles. The molecule has 244 valence electrons. The van der Waals surface area contributed by atoms with Crippen LogP contribution in [0.2, 0.25) is 0 Å². The summed E-state index contributed by atoms with van der Waals surface area (Å²) in [5.41, 5.74) is 21.8. The molecule has 0 bridgehead atoms. The van der Waals surface area contributed by atoms with Crippen LogP contribution in [-0.2, 0) is 41.7 Å². The quantitative estimate of drug-likeness (QED) is 0.104. The molecule has 2 amide bonds. The molecule has 0 saturated heterocycles. The third kappa shape index (κ3) is 9.95. The van der Waals surface area contributed by atoms with E-state index in [-0.39, 0.29) is 0 Å². The molecule has 14 heteroatoms. The molecule has 2 aromatic carbocycles. The molecule has 0 unspecified atom stereocenters. The second-order valence-corrected chi connectivity index (χ2v) is 10.6. The van der Waals surface area contributed by atoms with Gasteiger partial charge < -0.3 is 32.6 Å². The minimum atomic E-state index is -1.24. The van der Waals surface area contributed by atoms with Gasteiger partial charge in [0.05, 0.1) is 10.8 Å². The number of hydrogen-bond donors (Lipinski definition) is 4. The Balaban J connectivity index is 2.26. The first-order valence-corrected chi connectivity index (χ1v) is 14.7. The summed E-state index contributed by atoms with van der Waals surface area (Å²) in [6, 6.07) is 18.6. The number of hydroxylamine groups is 2. The van der Waals surface area contributed by atoms with Crippen molar-refractivity contribution in [2.75, 3.05) is 0 Å². The first-order valence-electron chi connectivity index (χ1n) is 14.7. The van der Waals surface area contributed by atoms with Gasteiger partial charge in [-0.1, -0.05) is 98.6 Å². The van der Waals surface area contributed by atoms with Crippen LogP contribution in [0.15, 0.2) is 70.9 Å². The van der Waals surface area contributed by atoms with Crippen molar-refractivity contribution in [2.45, 2.75) is 72.6 Å². The van der Waals surface area contributed by atoms with Crippen LogP contribution in [0.4, 0.5) is 0 Å². The number of nitrogens with two attached hydrogens (primary N) is 4. The normalized spacial score (nSPS) is 11.1. The van der Waals surface area contributed by atoms with E-state index in [0.717, 1.165) is 11.1 Å². The molecular formula is C31H44N8O6. The van der Waals surface area contributed by atoms with Gasteiger partial charge in [0.25, 0.3) is 11.8 Å². The lowest BCUT2D eigenvalue weighted by Gasteiger charge is -2.33. The summed E-state index contributed by atoms with van der Waals surface area (Å²) in [5.74, 6) is -4.98. The predicted octanol–water partition coefficient (Wildman–Crippen LogP) is 2.43. The van der Waals surface area contributed by atoms with Crippen molar-refractivity contribution >= 4 is 35.7 Å². The fourth-order valence-electron chi connectivity index (χ4n) is 4.93. The summed E-state index contributed by atoms with van der Waals surface area (Å²) in [4.78, 5) is 63.5. The number of carbonyl (C=O) groups is 4. The van der Waals surface area contributed by atoms with E-state index in [2.05, 4.69) is 10.2 Å². The number of nitrogens with zero attached hydrogens (tertiary/aromatic N) is 4. The lowest BCUT2D eigenvalue weighted by atomic mass is 9.76. The molecule has 0 aliphatic heterocycles. The van der Waals surface area contributed by atoms with Gasteiger partial charge in [-0.3, -0.25) is 9.59 Å². The lowest BCUT2D eigenvalue weighted by molar-refractivity contribution is -0.214.